The van der Waals surface area contributed by atoms with Gasteiger partial charge in [0.1, 0.15) is 0 Å². The van der Waals surface area contributed by atoms with Gasteiger partial charge in [-0.25, -0.2) is 0 Å². The molecule has 7 nitrogen and oxygen atoms in total. The van der Waals surface area contributed by atoms with Crippen LogP contribution >= 0.6 is 0 Å². The Hall–Kier alpha value is -5.37. The second kappa shape index (κ2) is 16.0. The summed E-state index contributed by atoms with van der Waals surface area (Å²) < 4.78 is 6.25. The number of aliphatic hydroxyl groups excluding tert-OH is 1. The van der Waals surface area contributed by atoms with Gasteiger partial charge >= 0.3 is 5.97 Å². The van der Waals surface area contributed by atoms with Crippen molar-refractivity contribution in [3.05, 3.63) is 155 Å². The Morgan fingerprint density at radius 1 is 0.794 bits per heavy atom. The van der Waals surface area contributed by atoms with Gasteiger partial charge in [-0.15, -0.1) is 0 Å². The zero-order valence-corrected chi connectivity index (χ0v) is 37.5. The van der Waals surface area contributed by atoms with Crippen LogP contribution in [0.15, 0.2) is 127 Å². The Labute approximate surface area is 372 Å². The Morgan fingerprint density at radius 3 is 2.24 bits per heavy atom. The minimum Gasteiger partial charge on any atom is -0.448 e. The highest BCUT2D eigenvalue weighted by atomic mass is 16.6. The third-order valence-corrected chi connectivity index (χ3v) is 16.6. The minimum absolute atomic E-state index is 0.0331. The molecule has 5 aliphatic rings. The van der Waals surface area contributed by atoms with Crippen LogP contribution in [0.4, 0.5) is 0 Å². The molecular weight excluding hydrogens is 783 g/mol. The van der Waals surface area contributed by atoms with Crippen molar-refractivity contribution < 1.29 is 29.3 Å². The maximum Gasteiger partial charge on any atom is 0.313 e. The zero-order valence-electron chi connectivity index (χ0n) is 37.5. The number of ether oxygens (including phenoxy) is 1. The van der Waals surface area contributed by atoms with Crippen LogP contribution in [0.25, 0.3) is 21.9 Å². The first-order valence-electron chi connectivity index (χ1n) is 23.0. The monoisotopic (exact) mass is 843 g/mol. The van der Waals surface area contributed by atoms with E-state index in [2.05, 4.69) is 56.3 Å². The zero-order chi connectivity index (χ0) is 44.4. The number of allylic oxidation sites excluding steroid dienone is 2. The van der Waals surface area contributed by atoms with E-state index in [4.69, 9.17) is 4.74 Å². The number of rotatable bonds is 8. The Balaban J connectivity index is 1.14. The Morgan fingerprint density at radius 2 is 1.51 bits per heavy atom. The predicted molar refractivity (Wildman–Crippen MR) is 248 cm³/mol. The average Bonchev–Trinajstić information content (AvgIpc) is 3.72. The van der Waals surface area contributed by atoms with Crippen molar-refractivity contribution in [2.75, 3.05) is 6.54 Å². The van der Waals surface area contributed by atoms with Crippen molar-refractivity contribution in [1.82, 2.24) is 4.90 Å². The number of amides is 1. The lowest BCUT2D eigenvalue weighted by Crippen LogP contribution is -2.60. The fourth-order valence-corrected chi connectivity index (χ4v) is 11.9. The van der Waals surface area contributed by atoms with E-state index in [-0.39, 0.29) is 36.7 Å². The smallest absolute Gasteiger partial charge is 0.313 e. The van der Waals surface area contributed by atoms with Crippen LogP contribution in [0.5, 0.6) is 0 Å². The maximum absolute atomic E-state index is 15.6. The molecule has 0 spiro atoms. The van der Waals surface area contributed by atoms with Gasteiger partial charge in [-0.3, -0.25) is 14.4 Å². The highest BCUT2D eigenvalue weighted by Crippen LogP contribution is 2.66. The van der Waals surface area contributed by atoms with Crippen LogP contribution in [0.3, 0.4) is 0 Å². The third kappa shape index (κ3) is 7.07. The molecule has 10 rings (SSSR count). The van der Waals surface area contributed by atoms with Gasteiger partial charge in [0.2, 0.25) is 0 Å². The van der Waals surface area contributed by atoms with E-state index < -0.39 is 33.6 Å². The second-order valence-corrected chi connectivity index (χ2v) is 20.2. The van der Waals surface area contributed by atoms with Crippen molar-refractivity contribution in [2.45, 2.75) is 122 Å². The van der Waals surface area contributed by atoms with E-state index in [9.17, 15) is 19.8 Å². The summed E-state index contributed by atoms with van der Waals surface area (Å²) in [6.45, 7) is 10.4. The molecule has 6 atom stereocenters. The summed E-state index contributed by atoms with van der Waals surface area (Å²) in [6, 6.07) is 38.2. The molecule has 3 fully saturated rings. The number of aliphatic hydroxyl groups is 2. The molecular formula is C56H61NO6. The first-order valence-corrected chi connectivity index (χ1v) is 23.0. The second-order valence-electron chi connectivity index (χ2n) is 20.2. The molecule has 1 aliphatic heterocycles. The summed E-state index contributed by atoms with van der Waals surface area (Å²) in [7, 11) is 0. The average molecular weight is 844 g/mol. The van der Waals surface area contributed by atoms with Crippen LogP contribution in [-0.4, -0.2) is 56.6 Å². The van der Waals surface area contributed by atoms with E-state index >= 15 is 4.79 Å². The minimum atomic E-state index is -1.38. The van der Waals surface area contributed by atoms with E-state index in [0.717, 1.165) is 45.0 Å². The number of nitrogens with zero attached hydrogens (tertiary/aromatic N) is 1. The van der Waals surface area contributed by atoms with Gasteiger partial charge in [-0.2, -0.15) is 0 Å². The summed E-state index contributed by atoms with van der Waals surface area (Å²) in [4.78, 5) is 45.9. The van der Waals surface area contributed by atoms with Gasteiger partial charge in [-0.1, -0.05) is 142 Å². The molecule has 2 saturated carbocycles. The molecule has 0 aromatic heterocycles. The van der Waals surface area contributed by atoms with E-state index in [1.54, 1.807) is 4.90 Å². The normalized spacial score (nSPS) is 28.9. The van der Waals surface area contributed by atoms with Crippen molar-refractivity contribution in [2.24, 2.45) is 16.2 Å². The number of fused-ring (bicyclic) bond motifs is 11. The standard InChI is InChI=1S/C56H61NO6/c1-37-13-12-29-53(4)48(46-27-21-38(33-44(58)26-20-37)34-47(46)49(59)42-24-22-40(23-25-42)39-14-7-6-8-15-39)28-30-55(53,62)36-57(35-43-18-11-17-41-16-9-10-19-45(41)43)50(60)56-32-31-54(5,51(61)63-56)52(56,2)3/h6-11,13-19,21-25,27,34,44,48,58,62H,12,20,26,28-33,35-36H2,1-5H3. The van der Waals surface area contributed by atoms with Gasteiger partial charge in [0.15, 0.2) is 11.4 Å². The van der Waals surface area contributed by atoms with Gasteiger partial charge < -0.3 is 19.8 Å². The van der Waals surface area contributed by atoms with Crippen LogP contribution in [0.1, 0.15) is 125 Å². The summed E-state index contributed by atoms with van der Waals surface area (Å²) >= 11 is 0. The molecule has 7 heteroatoms. The predicted octanol–water partition coefficient (Wildman–Crippen LogP) is 10.9. The summed E-state index contributed by atoms with van der Waals surface area (Å²) in [5, 5.41) is 26.9. The molecule has 5 aromatic carbocycles. The van der Waals surface area contributed by atoms with Crippen molar-refractivity contribution >= 4 is 28.4 Å². The van der Waals surface area contributed by atoms with Crippen molar-refractivity contribution in [1.29, 1.82) is 0 Å². The number of hydrogen-bond donors (Lipinski definition) is 2. The van der Waals surface area contributed by atoms with Gasteiger partial charge in [-0.05, 0) is 122 Å². The maximum atomic E-state index is 15.6. The van der Waals surface area contributed by atoms with Crippen LogP contribution in [0.2, 0.25) is 0 Å². The van der Waals surface area contributed by atoms with Gasteiger partial charge in [0.25, 0.3) is 5.91 Å². The third-order valence-electron chi connectivity index (χ3n) is 16.6. The summed E-state index contributed by atoms with van der Waals surface area (Å²) in [5.41, 5.74) is 2.08. The molecule has 5 aromatic rings. The number of esters is 1. The molecule has 63 heavy (non-hydrogen) atoms. The lowest BCUT2D eigenvalue weighted by Gasteiger charge is -2.47. The largest absolute Gasteiger partial charge is 0.448 e. The molecule has 1 amide bonds. The molecule has 326 valence electrons. The summed E-state index contributed by atoms with van der Waals surface area (Å²) in [6.07, 6.45) is 6.74. The van der Waals surface area contributed by atoms with E-state index in [1.165, 1.54) is 5.57 Å². The van der Waals surface area contributed by atoms with Crippen LogP contribution in [-0.2, 0) is 27.3 Å². The first kappa shape index (κ1) is 42.9. The number of carbonyl (C=O) groups excluding carboxylic acids is 3. The molecule has 1 heterocycles. The van der Waals surface area contributed by atoms with E-state index in [0.29, 0.717) is 62.5 Å². The number of ketones is 1. The molecule has 4 aliphatic carbocycles. The topological polar surface area (TPSA) is 104 Å². The van der Waals surface area contributed by atoms with Gasteiger partial charge in [0.05, 0.1) is 23.7 Å². The lowest BCUT2D eigenvalue weighted by molar-refractivity contribution is -0.178. The highest BCUT2D eigenvalue weighted by Gasteiger charge is 2.76. The lowest BCUT2D eigenvalue weighted by atomic mass is 9.64. The number of carbonyl (C=O) groups is 3. The van der Waals surface area contributed by atoms with Crippen LogP contribution < -0.4 is 0 Å². The molecule has 2 N–H and O–H groups in total. The highest BCUT2D eigenvalue weighted by molar-refractivity contribution is 6.10. The molecule has 6 unspecified atom stereocenters. The van der Waals surface area contributed by atoms with Crippen molar-refractivity contribution in [3.63, 3.8) is 0 Å². The van der Waals surface area contributed by atoms with E-state index in [1.807, 2.05) is 99.6 Å². The molecule has 4 bridgehead atoms. The fraction of sp³-hybridized carbons (Fsp3) is 0.411. The Bertz CT molecular complexity index is 2610. The quantitative estimate of drug-likeness (QED) is 0.0916. The fourth-order valence-electron chi connectivity index (χ4n) is 11.9. The molecule has 1 saturated heterocycles. The number of benzene rings is 5. The SMILES string of the molecule is CC1=CCCC2(C)C(CCC2(O)CN(Cc2cccc3ccccc23)C(=O)C23CCC(C)(C(=O)O2)C3(C)C)c2ccc(cc2C(=O)c2ccc(-c3ccccc3)cc2)CC(O)CC1. The Kier molecular flexibility index (Phi) is 10.9. The first-order chi connectivity index (χ1) is 30.1. The van der Waals surface area contributed by atoms with Crippen molar-refractivity contribution in [3.8, 4) is 11.1 Å². The summed E-state index contributed by atoms with van der Waals surface area (Å²) in [5.74, 6) is -0.920. The van der Waals surface area contributed by atoms with Crippen LogP contribution in [0, 0.1) is 16.2 Å². The molecule has 0 radical (unpaired) electrons. The number of hydrogen-bond acceptors (Lipinski definition) is 6. The van der Waals surface area contributed by atoms with Gasteiger partial charge in [0, 0.05) is 28.5 Å².